The fourth-order valence-electron chi connectivity index (χ4n) is 5.85. The van der Waals surface area contributed by atoms with Gasteiger partial charge < -0.3 is 14.9 Å². The van der Waals surface area contributed by atoms with Gasteiger partial charge in [0.2, 0.25) is 10.0 Å². The number of benzene rings is 1. The van der Waals surface area contributed by atoms with Crippen molar-refractivity contribution in [2.45, 2.75) is 59.4 Å². The molecule has 0 aliphatic carbocycles. The van der Waals surface area contributed by atoms with E-state index in [0.29, 0.717) is 36.6 Å². The number of rotatable bonds is 9. The van der Waals surface area contributed by atoms with Crippen LogP contribution in [0.5, 0.6) is 0 Å². The SMILES string of the molecule is CCS(=O)(=O)N1CCC([C@@H](C)n2c(C)c(C(=O)CCc3c(NC)cc(C)[nH]c3=O)c3ccccc32)CC1. The number of sulfonamides is 1. The molecule has 2 N–H and O–H groups in total. The molecule has 3 heterocycles. The van der Waals surface area contributed by atoms with Gasteiger partial charge in [0.15, 0.2) is 5.78 Å². The minimum atomic E-state index is -3.17. The van der Waals surface area contributed by atoms with Crippen molar-refractivity contribution in [2.24, 2.45) is 5.92 Å². The van der Waals surface area contributed by atoms with E-state index < -0.39 is 10.0 Å². The highest BCUT2D eigenvalue weighted by Crippen LogP contribution is 2.36. The van der Waals surface area contributed by atoms with Gasteiger partial charge in [0.05, 0.1) is 5.75 Å². The van der Waals surface area contributed by atoms with Crippen molar-refractivity contribution >= 4 is 32.4 Å². The van der Waals surface area contributed by atoms with E-state index in [2.05, 4.69) is 27.9 Å². The Hall–Kier alpha value is -2.91. The molecule has 1 aliphatic heterocycles. The van der Waals surface area contributed by atoms with E-state index in [4.69, 9.17) is 0 Å². The number of H-pyrrole nitrogens is 1. The molecule has 1 atom stereocenters. The molecule has 1 fully saturated rings. The Morgan fingerprint density at radius 2 is 1.86 bits per heavy atom. The first-order valence-corrected chi connectivity index (χ1v) is 14.7. The summed E-state index contributed by atoms with van der Waals surface area (Å²) in [6.07, 6.45) is 2.16. The number of pyridine rings is 1. The zero-order chi connectivity index (χ0) is 26.9. The number of ketones is 1. The van der Waals surface area contributed by atoms with Gasteiger partial charge in [0.25, 0.3) is 5.56 Å². The van der Waals surface area contributed by atoms with Crippen LogP contribution in [0.3, 0.4) is 0 Å². The molecule has 0 amide bonds. The predicted octanol–water partition coefficient (Wildman–Crippen LogP) is 4.43. The van der Waals surface area contributed by atoms with Gasteiger partial charge in [-0.15, -0.1) is 0 Å². The number of fused-ring (bicyclic) bond motifs is 1. The summed E-state index contributed by atoms with van der Waals surface area (Å²) >= 11 is 0. The summed E-state index contributed by atoms with van der Waals surface area (Å²) in [7, 11) is -1.39. The van der Waals surface area contributed by atoms with E-state index in [1.165, 1.54) is 0 Å². The number of nitrogens with zero attached hydrogens (tertiary/aromatic N) is 2. The molecule has 4 rings (SSSR count). The Balaban J connectivity index is 1.61. The lowest BCUT2D eigenvalue weighted by Gasteiger charge is -2.35. The van der Waals surface area contributed by atoms with Crippen molar-refractivity contribution in [1.82, 2.24) is 13.9 Å². The van der Waals surface area contributed by atoms with Gasteiger partial charge in [-0.1, -0.05) is 18.2 Å². The normalized spacial score (nSPS) is 16.2. The number of aryl methyl sites for hydroxylation is 1. The molecule has 0 spiro atoms. The van der Waals surface area contributed by atoms with Gasteiger partial charge in [0, 0.05) is 71.7 Å². The Bertz CT molecular complexity index is 1460. The lowest BCUT2D eigenvalue weighted by atomic mass is 9.91. The summed E-state index contributed by atoms with van der Waals surface area (Å²) in [5.74, 6) is 0.459. The van der Waals surface area contributed by atoms with Crippen LogP contribution in [0.15, 0.2) is 35.1 Å². The fourth-order valence-corrected chi connectivity index (χ4v) is 6.98. The molecule has 0 unspecified atom stereocenters. The topological polar surface area (TPSA) is 104 Å². The quantitative estimate of drug-likeness (QED) is 0.402. The van der Waals surface area contributed by atoms with Crippen molar-refractivity contribution in [3.05, 3.63) is 63.2 Å². The number of aromatic nitrogens is 2. The number of aromatic amines is 1. The molecule has 9 heteroatoms. The van der Waals surface area contributed by atoms with E-state index >= 15 is 0 Å². The molecular formula is C28H38N4O4S. The molecular weight excluding hydrogens is 488 g/mol. The zero-order valence-electron chi connectivity index (χ0n) is 22.4. The van der Waals surface area contributed by atoms with Crippen molar-refractivity contribution in [3.63, 3.8) is 0 Å². The first-order chi connectivity index (χ1) is 17.6. The number of carbonyl (C=O) groups excluding carboxylic acids is 1. The van der Waals surface area contributed by atoms with Crippen LogP contribution in [0.2, 0.25) is 0 Å². The maximum atomic E-state index is 13.6. The second-order valence-electron chi connectivity index (χ2n) is 10.1. The number of piperidine rings is 1. The Morgan fingerprint density at radius 3 is 2.51 bits per heavy atom. The summed E-state index contributed by atoms with van der Waals surface area (Å²) in [6, 6.07) is 9.99. The molecule has 200 valence electrons. The van der Waals surface area contributed by atoms with Crippen LogP contribution >= 0.6 is 0 Å². The second kappa shape index (κ2) is 10.8. The van der Waals surface area contributed by atoms with Crippen molar-refractivity contribution in [3.8, 4) is 0 Å². The molecule has 2 aromatic heterocycles. The number of hydrogen-bond acceptors (Lipinski definition) is 5. The summed E-state index contributed by atoms with van der Waals surface area (Å²) in [5, 5.41) is 4.00. The molecule has 37 heavy (non-hydrogen) atoms. The monoisotopic (exact) mass is 526 g/mol. The number of nitrogens with one attached hydrogen (secondary N) is 2. The fraction of sp³-hybridized carbons (Fsp3) is 0.500. The van der Waals surface area contributed by atoms with Gasteiger partial charge >= 0.3 is 0 Å². The highest BCUT2D eigenvalue weighted by atomic mass is 32.2. The Kier molecular flexibility index (Phi) is 7.94. The highest BCUT2D eigenvalue weighted by molar-refractivity contribution is 7.89. The largest absolute Gasteiger partial charge is 0.388 e. The van der Waals surface area contributed by atoms with Crippen LogP contribution in [0.25, 0.3) is 10.9 Å². The smallest absolute Gasteiger partial charge is 0.253 e. The third-order valence-electron chi connectivity index (χ3n) is 7.92. The number of Topliss-reactive ketones (excluding diaryl/α,β-unsaturated/α-hetero) is 1. The molecule has 1 aliphatic rings. The summed E-state index contributed by atoms with van der Waals surface area (Å²) < 4.78 is 28.5. The summed E-state index contributed by atoms with van der Waals surface area (Å²) in [5.41, 5.74) is 4.60. The van der Waals surface area contributed by atoms with Gasteiger partial charge in [-0.05, 0) is 65.0 Å². The average Bonchev–Trinajstić information content (AvgIpc) is 3.18. The number of hydrogen-bond donors (Lipinski definition) is 2. The predicted molar refractivity (Wildman–Crippen MR) is 149 cm³/mol. The summed E-state index contributed by atoms with van der Waals surface area (Å²) in [4.78, 5) is 29.0. The van der Waals surface area contributed by atoms with E-state index in [-0.39, 0.29) is 29.6 Å². The van der Waals surface area contributed by atoms with Crippen LogP contribution in [0, 0.1) is 19.8 Å². The van der Waals surface area contributed by atoms with E-state index in [1.807, 2.05) is 38.1 Å². The second-order valence-corrected chi connectivity index (χ2v) is 12.3. The molecule has 0 bridgehead atoms. The molecule has 8 nitrogen and oxygen atoms in total. The molecule has 0 radical (unpaired) electrons. The molecule has 3 aromatic rings. The summed E-state index contributed by atoms with van der Waals surface area (Å²) in [6.45, 7) is 8.77. The van der Waals surface area contributed by atoms with E-state index in [0.717, 1.165) is 40.8 Å². The van der Waals surface area contributed by atoms with Crippen molar-refractivity contribution in [2.75, 3.05) is 31.2 Å². The average molecular weight is 527 g/mol. The van der Waals surface area contributed by atoms with Gasteiger partial charge in [-0.2, -0.15) is 0 Å². The molecule has 1 saturated heterocycles. The third-order valence-corrected chi connectivity index (χ3v) is 9.80. The van der Waals surface area contributed by atoms with Gasteiger partial charge in [0.1, 0.15) is 0 Å². The maximum Gasteiger partial charge on any atom is 0.253 e. The Labute approximate surface area is 219 Å². The number of carbonyl (C=O) groups is 1. The van der Waals surface area contributed by atoms with Crippen LogP contribution < -0.4 is 10.9 Å². The van der Waals surface area contributed by atoms with Crippen LogP contribution in [0.4, 0.5) is 5.69 Å². The number of anilines is 1. The van der Waals surface area contributed by atoms with E-state index in [9.17, 15) is 18.0 Å². The number of para-hydroxylation sites is 1. The van der Waals surface area contributed by atoms with Crippen LogP contribution in [-0.4, -0.2) is 53.9 Å². The first kappa shape index (κ1) is 27.1. The Morgan fingerprint density at radius 1 is 1.19 bits per heavy atom. The zero-order valence-corrected chi connectivity index (χ0v) is 23.2. The lowest BCUT2D eigenvalue weighted by Crippen LogP contribution is -2.40. The van der Waals surface area contributed by atoms with Gasteiger partial charge in [-0.3, -0.25) is 9.59 Å². The van der Waals surface area contributed by atoms with E-state index in [1.54, 1.807) is 18.3 Å². The maximum absolute atomic E-state index is 13.6. The standard InChI is InChI=1S/C28H38N4O4S/c1-6-37(35,36)31-15-13-21(14-16-31)19(3)32-20(4)27(23-9-7-8-10-25(23)32)26(33)12-11-22-24(29-5)17-18(2)30-28(22)34/h7-10,17,19,21H,6,11-16H2,1-5H3,(H2,29,30,34)/t19-/m1/s1. The minimum absolute atomic E-state index is 0.0190. The third kappa shape index (κ3) is 5.25. The van der Waals surface area contributed by atoms with Crippen molar-refractivity contribution < 1.29 is 13.2 Å². The van der Waals surface area contributed by atoms with Crippen LogP contribution in [-0.2, 0) is 16.4 Å². The first-order valence-electron chi connectivity index (χ1n) is 13.1. The van der Waals surface area contributed by atoms with Crippen LogP contribution in [0.1, 0.15) is 66.5 Å². The minimum Gasteiger partial charge on any atom is -0.388 e. The van der Waals surface area contributed by atoms with Gasteiger partial charge in [-0.25, -0.2) is 12.7 Å². The molecule has 1 aromatic carbocycles. The lowest BCUT2D eigenvalue weighted by molar-refractivity contribution is 0.0983. The highest BCUT2D eigenvalue weighted by Gasteiger charge is 2.32. The molecule has 0 saturated carbocycles. The van der Waals surface area contributed by atoms with Crippen molar-refractivity contribution in [1.29, 1.82) is 0 Å².